The van der Waals surface area contributed by atoms with Crippen molar-refractivity contribution in [1.29, 1.82) is 0 Å². The number of ether oxygens (including phenoxy) is 1. The van der Waals surface area contributed by atoms with E-state index in [0.717, 1.165) is 0 Å². The number of benzene rings is 1. The first-order valence-electron chi connectivity index (χ1n) is 6.30. The van der Waals surface area contributed by atoms with Crippen molar-refractivity contribution < 1.29 is 19.4 Å². The lowest BCUT2D eigenvalue weighted by Gasteiger charge is -2.29. The van der Waals surface area contributed by atoms with Crippen molar-refractivity contribution in [1.82, 2.24) is 5.32 Å². The summed E-state index contributed by atoms with van der Waals surface area (Å²) in [4.78, 5) is 23.2. The Morgan fingerprint density at radius 1 is 1.26 bits per heavy atom. The van der Waals surface area contributed by atoms with Gasteiger partial charge in [-0.15, -0.1) is 0 Å². The van der Waals surface area contributed by atoms with Gasteiger partial charge in [0.1, 0.15) is 0 Å². The molecule has 0 aliphatic rings. The molecule has 1 aromatic rings. The third-order valence-electron chi connectivity index (χ3n) is 2.91. The van der Waals surface area contributed by atoms with Crippen LogP contribution in [0.4, 0.5) is 4.79 Å². The highest BCUT2D eigenvalue weighted by Gasteiger charge is 2.40. The molecule has 0 radical (unpaired) electrons. The van der Waals surface area contributed by atoms with Crippen LogP contribution in [0.2, 0.25) is 0 Å². The maximum atomic E-state index is 11.7. The molecule has 0 aliphatic carbocycles. The van der Waals surface area contributed by atoms with Crippen LogP contribution in [-0.4, -0.2) is 23.8 Å². The monoisotopic (exact) mass is 265 g/mol. The minimum absolute atomic E-state index is 0.230. The van der Waals surface area contributed by atoms with Gasteiger partial charge < -0.3 is 15.2 Å². The number of carboxylic acids is 1. The number of amides is 1. The minimum Gasteiger partial charge on any atom is -0.479 e. The fourth-order valence-corrected chi connectivity index (χ4v) is 1.82. The molecule has 0 saturated heterocycles. The van der Waals surface area contributed by atoms with E-state index in [1.807, 2.05) is 6.92 Å². The zero-order chi connectivity index (χ0) is 14.3. The highest BCUT2D eigenvalue weighted by atomic mass is 16.5. The molecular formula is C14H19NO4. The minimum atomic E-state index is -1.45. The van der Waals surface area contributed by atoms with Gasteiger partial charge in [-0.2, -0.15) is 0 Å². The molecule has 1 aromatic carbocycles. The van der Waals surface area contributed by atoms with Crippen molar-refractivity contribution in [3.63, 3.8) is 0 Å². The molecule has 1 atom stereocenters. The number of carboxylic acid groups (broad SMARTS) is 1. The third-order valence-corrected chi connectivity index (χ3v) is 2.91. The Morgan fingerprint density at radius 3 is 2.37 bits per heavy atom. The van der Waals surface area contributed by atoms with Gasteiger partial charge in [0.05, 0.1) is 6.61 Å². The molecule has 1 unspecified atom stereocenters. The van der Waals surface area contributed by atoms with Gasteiger partial charge in [0.25, 0.3) is 0 Å². The highest BCUT2D eigenvalue weighted by Crippen LogP contribution is 2.25. The average Bonchev–Trinajstić information content (AvgIpc) is 2.43. The molecule has 19 heavy (non-hydrogen) atoms. The highest BCUT2D eigenvalue weighted by molar-refractivity contribution is 5.85. The molecule has 0 fully saturated rings. The van der Waals surface area contributed by atoms with Crippen molar-refractivity contribution in [3.05, 3.63) is 35.9 Å². The first-order chi connectivity index (χ1) is 9.06. The topological polar surface area (TPSA) is 75.6 Å². The molecule has 0 saturated carbocycles. The number of nitrogens with one attached hydrogen (secondary N) is 1. The molecule has 2 N–H and O–H groups in total. The van der Waals surface area contributed by atoms with Gasteiger partial charge in [-0.1, -0.05) is 44.2 Å². The number of carbonyl (C=O) groups is 2. The molecule has 104 valence electrons. The Kier molecular flexibility index (Phi) is 5.36. The Balaban J connectivity index is 3.01. The summed E-state index contributed by atoms with van der Waals surface area (Å²) in [5, 5.41) is 12.0. The predicted octanol–water partition coefficient (Wildman–Crippen LogP) is 2.51. The summed E-state index contributed by atoms with van der Waals surface area (Å²) in [5.74, 6) is -1.10. The van der Waals surface area contributed by atoms with Crippen molar-refractivity contribution in [2.75, 3.05) is 6.61 Å². The summed E-state index contributed by atoms with van der Waals surface area (Å²) in [6, 6.07) is 8.63. The van der Waals surface area contributed by atoms with Crippen LogP contribution in [-0.2, 0) is 15.1 Å². The largest absolute Gasteiger partial charge is 0.479 e. The molecule has 0 spiro atoms. The molecular weight excluding hydrogens is 246 g/mol. The fourth-order valence-electron chi connectivity index (χ4n) is 1.82. The van der Waals surface area contributed by atoms with Crippen LogP contribution < -0.4 is 5.32 Å². The quantitative estimate of drug-likeness (QED) is 0.828. The molecule has 0 aromatic heterocycles. The number of rotatable bonds is 6. The lowest BCUT2D eigenvalue weighted by Crippen LogP contribution is -2.51. The lowest BCUT2D eigenvalue weighted by molar-refractivity contribution is -0.145. The van der Waals surface area contributed by atoms with Gasteiger partial charge in [-0.25, -0.2) is 9.59 Å². The average molecular weight is 265 g/mol. The number of carbonyl (C=O) groups excluding carboxylic acids is 1. The second kappa shape index (κ2) is 6.78. The maximum Gasteiger partial charge on any atom is 0.408 e. The van der Waals surface area contributed by atoms with E-state index in [1.165, 1.54) is 0 Å². The lowest BCUT2D eigenvalue weighted by atomic mass is 9.87. The molecule has 1 amide bonds. The second-order valence-electron chi connectivity index (χ2n) is 4.19. The van der Waals surface area contributed by atoms with Crippen LogP contribution in [0.1, 0.15) is 32.3 Å². The Hall–Kier alpha value is -2.04. The van der Waals surface area contributed by atoms with Gasteiger partial charge >= 0.3 is 12.1 Å². The molecule has 1 rings (SSSR count). The van der Waals surface area contributed by atoms with Gasteiger partial charge in [0, 0.05) is 0 Å². The molecule has 0 bridgehead atoms. The summed E-state index contributed by atoms with van der Waals surface area (Å²) >= 11 is 0. The normalized spacial score (nSPS) is 13.4. The fraction of sp³-hybridized carbons (Fsp3) is 0.429. The summed E-state index contributed by atoms with van der Waals surface area (Å²) in [6.45, 7) is 3.84. The Labute approximate surface area is 112 Å². The van der Waals surface area contributed by atoms with Gasteiger partial charge in [0.15, 0.2) is 5.54 Å². The van der Waals surface area contributed by atoms with Gasteiger partial charge in [-0.05, 0) is 18.4 Å². The number of aliphatic carboxylic acids is 1. The van der Waals surface area contributed by atoms with Crippen molar-refractivity contribution >= 4 is 12.1 Å². The Morgan fingerprint density at radius 2 is 1.89 bits per heavy atom. The summed E-state index contributed by atoms with van der Waals surface area (Å²) < 4.78 is 4.91. The van der Waals surface area contributed by atoms with Gasteiger partial charge in [0.2, 0.25) is 0 Å². The standard InChI is InChI=1S/C14H19NO4/c1-3-10-19-13(18)15-14(4-2,12(16)17)11-8-6-5-7-9-11/h5-9H,3-4,10H2,1-2H3,(H,15,18)(H,16,17). The van der Waals surface area contributed by atoms with E-state index in [2.05, 4.69) is 5.32 Å². The van der Waals surface area contributed by atoms with Crippen molar-refractivity contribution in [2.45, 2.75) is 32.2 Å². The first-order valence-corrected chi connectivity index (χ1v) is 6.30. The van der Waals surface area contributed by atoms with Crippen LogP contribution >= 0.6 is 0 Å². The number of hydrogen-bond donors (Lipinski definition) is 2. The summed E-state index contributed by atoms with van der Waals surface area (Å²) in [6.07, 6.45) is 0.202. The van der Waals surface area contributed by atoms with E-state index in [9.17, 15) is 14.7 Å². The number of alkyl carbamates (subject to hydrolysis) is 1. The Bertz CT molecular complexity index is 432. The van der Waals surface area contributed by atoms with E-state index in [0.29, 0.717) is 12.0 Å². The van der Waals surface area contributed by atoms with Crippen LogP contribution in [0.5, 0.6) is 0 Å². The number of hydrogen-bond acceptors (Lipinski definition) is 3. The zero-order valence-electron chi connectivity index (χ0n) is 11.2. The smallest absolute Gasteiger partial charge is 0.408 e. The van der Waals surface area contributed by atoms with E-state index in [4.69, 9.17) is 4.74 Å². The maximum absolute atomic E-state index is 11.7. The van der Waals surface area contributed by atoms with E-state index < -0.39 is 17.6 Å². The molecule has 0 aliphatic heterocycles. The molecule has 0 heterocycles. The summed E-state index contributed by atoms with van der Waals surface area (Å²) in [7, 11) is 0. The van der Waals surface area contributed by atoms with Gasteiger partial charge in [-0.3, -0.25) is 0 Å². The van der Waals surface area contributed by atoms with E-state index >= 15 is 0 Å². The van der Waals surface area contributed by atoms with Crippen molar-refractivity contribution in [2.24, 2.45) is 0 Å². The van der Waals surface area contributed by atoms with E-state index in [1.54, 1.807) is 37.3 Å². The predicted molar refractivity (Wildman–Crippen MR) is 70.8 cm³/mol. The van der Waals surface area contributed by atoms with Crippen LogP contribution in [0.25, 0.3) is 0 Å². The van der Waals surface area contributed by atoms with Crippen LogP contribution in [0.15, 0.2) is 30.3 Å². The van der Waals surface area contributed by atoms with Crippen molar-refractivity contribution in [3.8, 4) is 0 Å². The van der Waals surface area contributed by atoms with Crippen LogP contribution in [0.3, 0.4) is 0 Å². The van der Waals surface area contributed by atoms with E-state index in [-0.39, 0.29) is 13.0 Å². The zero-order valence-corrected chi connectivity index (χ0v) is 11.2. The third kappa shape index (κ3) is 3.47. The SMILES string of the molecule is CCCOC(=O)NC(CC)(C(=O)O)c1ccccc1. The van der Waals surface area contributed by atoms with Crippen LogP contribution in [0, 0.1) is 0 Å². The molecule has 5 nitrogen and oxygen atoms in total. The molecule has 5 heteroatoms. The first kappa shape index (κ1) is 15.0. The second-order valence-corrected chi connectivity index (χ2v) is 4.19. The summed E-state index contributed by atoms with van der Waals surface area (Å²) in [5.41, 5.74) is -0.926.